The number of alkyl carbamates (subject to hydrolysis) is 1. The number of carbonyl (C=O) groups excluding carboxylic acids is 4. The second-order valence-electron chi connectivity index (χ2n) is 13.6. The molecule has 12 nitrogen and oxygen atoms in total. The lowest BCUT2D eigenvalue weighted by atomic mass is 10.0. The standard InChI is InChI=1S/C36H44N4O8/c1-35(2,3)48-34(46)38-28-19-11-6-4-5-10-16-24-21-36(24,32(43)44)39-30(41)29-20-25(22-40(29)31(28)42)47-33(45)37-27-18-13-12-17-26(27)23-14-8-7-9-15-23/h7-10,12-18,24-25,28-29H,4-6,11,19-22H2,1-3H3,(H,37,45)(H,38,46)(H,39,41)(H,43,44)/t24-,25-,28+,29+,36-/m1/s1. The zero-order chi connectivity index (χ0) is 34.5. The van der Waals surface area contributed by atoms with Crippen molar-refractivity contribution in [2.45, 2.75) is 95.0 Å². The highest BCUT2D eigenvalue weighted by molar-refractivity contribution is 5.96. The maximum atomic E-state index is 14.1. The van der Waals surface area contributed by atoms with E-state index in [1.807, 2.05) is 54.6 Å². The molecule has 2 heterocycles. The molecular formula is C36H44N4O8. The normalized spacial score (nSPS) is 26.1. The molecule has 4 amide bonds. The molecule has 48 heavy (non-hydrogen) atoms. The van der Waals surface area contributed by atoms with Crippen LogP contribution in [-0.2, 0) is 23.9 Å². The molecular weight excluding hydrogens is 616 g/mol. The Bertz CT molecular complexity index is 1550. The van der Waals surface area contributed by atoms with E-state index < -0.39 is 59.3 Å². The van der Waals surface area contributed by atoms with Crippen molar-refractivity contribution in [2.24, 2.45) is 5.92 Å². The number of hydrogen-bond acceptors (Lipinski definition) is 7. The molecule has 0 aromatic heterocycles. The van der Waals surface area contributed by atoms with Crippen LogP contribution in [0.25, 0.3) is 11.1 Å². The molecule has 1 aliphatic carbocycles. The molecule has 0 radical (unpaired) electrons. The molecule has 4 N–H and O–H groups in total. The summed E-state index contributed by atoms with van der Waals surface area (Å²) in [5.74, 6) is -2.72. The minimum absolute atomic E-state index is 0.0549. The summed E-state index contributed by atoms with van der Waals surface area (Å²) < 4.78 is 11.2. The molecule has 3 aliphatic rings. The van der Waals surface area contributed by atoms with Crippen LogP contribution in [0, 0.1) is 5.92 Å². The van der Waals surface area contributed by atoms with Gasteiger partial charge in [-0.25, -0.2) is 14.4 Å². The number of allylic oxidation sites excluding steroid dienone is 1. The van der Waals surface area contributed by atoms with E-state index in [-0.39, 0.29) is 25.3 Å². The highest BCUT2D eigenvalue weighted by atomic mass is 16.6. The Morgan fingerprint density at radius 2 is 1.71 bits per heavy atom. The number of carbonyl (C=O) groups is 5. The van der Waals surface area contributed by atoms with Crippen LogP contribution in [-0.4, -0.2) is 75.8 Å². The van der Waals surface area contributed by atoms with Crippen molar-refractivity contribution in [1.29, 1.82) is 0 Å². The lowest BCUT2D eigenvalue weighted by Gasteiger charge is -2.30. The second-order valence-corrected chi connectivity index (χ2v) is 13.6. The van der Waals surface area contributed by atoms with Crippen LogP contribution in [0.15, 0.2) is 66.7 Å². The zero-order valence-electron chi connectivity index (χ0n) is 27.6. The number of carboxylic acid groups (broad SMARTS) is 1. The van der Waals surface area contributed by atoms with Crippen LogP contribution < -0.4 is 16.0 Å². The molecule has 2 aliphatic heterocycles. The van der Waals surface area contributed by atoms with Gasteiger partial charge in [-0.15, -0.1) is 0 Å². The van der Waals surface area contributed by atoms with Crippen molar-refractivity contribution in [3.8, 4) is 11.1 Å². The fraction of sp³-hybridized carbons (Fsp3) is 0.472. The Kier molecular flexibility index (Phi) is 10.4. The topological polar surface area (TPSA) is 163 Å². The molecule has 1 saturated carbocycles. The predicted octanol–water partition coefficient (Wildman–Crippen LogP) is 5.24. The Labute approximate surface area is 280 Å². The number of amides is 4. The Morgan fingerprint density at radius 1 is 0.979 bits per heavy atom. The molecule has 0 bridgehead atoms. The summed E-state index contributed by atoms with van der Waals surface area (Å²) in [4.78, 5) is 67.6. The number of benzene rings is 2. The van der Waals surface area contributed by atoms with Gasteiger partial charge in [-0.2, -0.15) is 0 Å². The molecule has 2 aromatic carbocycles. The van der Waals surface area contributed by atoms with Gasteiger partial charge < -0.3 is 30.1 Å². The van der Waals surface area contributed by atoms with E-state index in [1.54, 1.807) is 32.9 Å². The third-order valence-corrected chi connectivity index (χ3v) is 8.83. The number of hydrogen-bond donors (Lipinski definition) is 4. The van der Waals surface area contributed by atoms with E-state index in [4.69, 9.17) is 9.47 Å². The molecule has 0 spiro atoms. The highest BCUT2D eigenvalue weighted by Crippen LogP contribution is 2.45. The summed E-state index contributed by atoms with van der Waals surface area (Å²) in [5, 5.41) is 18.3. The van der Waals surface area contributed by atoms with Crippen molar-refractivity contribution in [2.75, 3.05) is 11.9 Å². The fourth-order valence-electron chi connectivity index (χ4n) is 6.35. The summed E-state index contributed by atoms with van der Waals surface area (Å²) in [6.07, 6.45) is 4.77. The first-order valence-electron chi connectivity index (χ1n) is 16.5. The van der Waals surface area contributed by atoms with Gasteiger partial charge in [0.25, 0.3) is 0 Å². The second kappa shape index (κ2) is 14.5. The Morgan fingerprint density at radius 3 is 2.44 bits per heavy atom. The molecule has 2 fully saturated rings. The van der Waals surface area contributed by atoms with E-state index in [0.29, 0.717) is 18.5 Å². The SMILES string of the molecule is CC(C)(C)OC(=O)N[C@H]1CCCCCC=C[C@@H]2C[C@@]2(C(=O)O)NC(=O)[C@@H]2C[C@@H](OC(=O)Nc3ccccc3-c3ccccc3)CN2C1=O. The molecule has 0 unspecified atom stereocenters. The van der Waals surface area contributed by atoms with Crippen molar-refractivity contribution in [3.05, 3.63) is 66.7 Å². The van der Waals surface area contributed by atoms with Crippen LogP contribution >= 0.6 is 0 Å². The van der Waals surface area contributed by atoms with Crippen molar-refractivity contribution in [3.63, 3.8) is 0 Å². The van der Waals surface area contributed by atoms with Crippen molar-refractivity contribution < 1.29 is 38.6 Å². The molecule has 12 heteroatoms. The van der Waals surface area contributed by atoms with E-state index >= 15 is 0 Å². The van der Waals surface area contributed by atoms with Gasteiger partial charge in [-0.1, -0.05) is 73.5 Å². The summed E-state index contributed by atoms with van der Waals surface area (Å²) in [7, 11) is 0. The number of carboxylic acids is 1. The number of nitrogens with zero attached hydrogens (tertiary/aromatic N) is 1. The maximum Gasteiger partial charge on any atom is 0.411 e. The van der Waals surface area contributed by atoms with Gasteiger partial charge in [0, 0.05) is 17.9 Å². The summed E-state index contributed by atoms with van der Waals surface area (Å²) >= 11 is 0. The average molecular weight is 661 g/mol. The van der Waals surface area contributed by atoms with Gasteiger partial charge in [-0.05, 0) is 58.1 Å². The maximum absolute atomic E-state index is 14.1. The molecule has 2 aromatic rings. The number of fused-ring (bicyclic) bond motifs is 2. The van der Waals surface area contributed by atoms with Gasteiger partial charge in [0.15, 0.2) is 0 Å². The van der Waals surface area contributed by atoms with Crippen molar-refractivity contribution in [1.82, 2.24) is 15.5 Å². The van der Waals surface area contributed by atoms with E-state index in [1.165, 1.54) is 4.90 Å². The minimum Gasteiger partial charge on any atom is -0.479 e. The van der Waals surface area contributed by atoms with Gasteiger partial charge in [0.05, 0.1) is 12.2 Å². The van der Waals surface area contributed by atoms with E-state index in [0.717, 1.165) is 30.4 Å². The largest absolute Gasteiger partial charge is 0.479 e. The zero-order valence-corrected chi connectivity index (χ0v) is 27.6. The summed E-state index contributed by atoms with van der Waals surface area (Å²) in [6.45, 7) is 5.02. The Hall–Kier alpha value is -4.87. The lowest BCUT2D eigenvalue weighted by molar-refractivity contribution is -0.145. The van der Waals surface area contributed by atoms with Gasteiger partial charge in [0.1, 0.15) is 29.3 Å². The first-order chi connectivity index (χ1) is 22.9. The predicted molar refractivity (Wildman–Crippen MR) is 178 cm³/mol. The van der Waals surface area contributed by atoms with E-state index in [2.05, 4.69) is 16.0 Å². The van der Waals surface area contributed by atoms with Crippen LogP contribution in [0.4, 0.5) is 15.3 Å². The highest BCUT2D eigenvalue weighted by Gasteiger charge is 2.61. The number of para-hydroxylation sites is 1. The quantitative estimate of drug-likeness (QED) is 0.316. The average Bonchev–Trinajstić information content (AvgIpc) is 3.57. The first kappa shape index (κ1) is 34.5. The van der Waals surface area contributed by atoms with Gasteiger partial charge >= 0.3 is 18.2 Å². The fourth-order valence-corrected chi connectivity index (χ4v) is 6.35. The van der Waals surface area contributed by atoms with Crippen LogP contribution in [0.1, 0.15) is 65.7 Å². The third kappa shape index (κ3) is 8.34. The third-order valence-electron chi connectivity index (χ3n) is 8.83. The minimum atomic E-state index is -1.48. The van der Waals surface area contributed by atoms with Gasteiger partial charge in [-0.3, -0.25) is 14.9 Å². The van der Waals surface area contributed by atoms with Gasteiger partial charge in [0.2, 0.25) is 11.8 Å². The number of aliphatic carboxylic acids is 1. The van der Waals surface area contributed by atoms with E-state index in [9.17, 15) is 29.1 Å². The smallest absolute Gasteiger partial charge is 0.411 e. The molecule has 5 atom stereocenters. The lowest BCUT2D eigenvalue weighted by Crippen LogP contribution is -2.56. The molecule has 1 saturated heterocycles. The first-order valence-corrected chi connectivity index (χ1v) is 16.5. The van der Waals surface area contributed by atoms with Crippen LogP contribution in [0.3, 0.4) is 0 Å². The Balaban J connectivity index is 1.37. The summed E-state index contributed by atoms with van der Waals surface area (Å²) in [6, 6.07) is 14.6. The number of nitrogens with one attached hydrogen (secondary N) is 3. The monoisotopic (exact) mass is 660 g/mol. The molecule has 256 valence electrons. The van der Waals surface area contributed by atoms with Crippen LogP contribution in [0.5, 0.6) is 0 Å². The number of rotatable bonds is 5. The van der Waals surface area contributed by atoms with Crippen molar-refractivity contribution >= 4 is 35.7 Å². The number of anilines is 1. The van der Waals surface area contributed by atoms with Crippen LogP contribution in [0.2, 0.25) is 0 Å². The summed E-state index contributed by atoms with van der Waals surface area (Å²) in [5.41, 5.74) is -0.0765. The molecule has 5 rings (SSSR count). The number of ether oxygens (including phenoxy) is 2.